The van der Waals surface area contributed by atoms with Crippen molar-refractivity contribution in [3.8, 4) is 39.4 Å². The number of hydrogen-bond acceptors (Lipinski definition) is 8. The zero-order valence-electron chi connectivity index (χ0n) is 29.9. The number of carbonyl (C=O) groups is 2. The van der Waals surface area contributed by atoms with Gasteiger partial charge in [-0.15, -0.1) is 0 Å². The fourth-order valence-electron chi connectivity index (χ4n) is 7.18. The van der Waals surface area contributed by atoms with Crippen LogP contribution in [0.4, 0.5) is 0 Å². The lowest BCUT2D eigenvalue weighted by Crippen LogP contribution is -2.44. The highest BCUT2D eigenvalue weighted by Crippen LogP contribution is 2.42. The van der Waals surface area contributed by atoms with E-state index >= 15 is 0 Å². The zero-order chi connectivity index (χ0) is 37.2. The van der Waals surface area contributed by atoms with Crippen LogP contribution in [0.15, 0.2) is 77.9 Å². The molecule has 2 amide bonds. The summed E-state index contributed by atoms with van der Waals surface area (Å²) < 4.78 is 7.24. The lowest BCUT2D eigenvalue weighted by molar-refractivity contribution is -0.130. The molecule has 53 heavy (non-hydrogen) atoms. The summed E-state index contributed by atoms with van der Waals surface area (Å²) in [6.45, 7) is 3.99. The predicted molar refractivity (Wildman–Crippen MR) is 207 cm³/mol. The van der Waals surface area contributed by atoms with Gasteiger partial charge in [0.15, 0.2) is 0 Å². The number of aromatic nitrogens is 3. The quantitative estimate of drug-likeness (QED) is 0.174. The van der Waals surface area contributed by atoms with Crippen LogP contribution < -0.4 is 20.9 Å². The van der Waals surface area contributed by atoms with Gasteiger partial charge >= 0.3 is 0 Å². The number of nitrogens with one attached hydrogen (secondary N) is 2. The highest BCUT2D eigenvalue weighted by Gasteiger charge is 2.26. The van der Waals surface area contributed by atoms with Gasteiger partial charge in [-0.3, -0.25) is 23.7 Å². The lowest BCUT2D eigenvalue weighted by atomic mass is 9.97. The lowest BCUT2D eigenvalue weighted by Gasteiger charge is -2.31. The Morgan fingerprint density at radius 1 is 0.962 bits per heavy atom. The van der Waals surface area contributed by atoms with Crippen LogP contribution >= 0.6 is 23.2 Å². The number of pyridine rings is 2. The van der Waals surface area contributed by atoms with E-state index < -0.39 is 0 Å². The molecule has 2 fully saturated rings. The first kappa shape index (κ1) is 36.5. The Morgan fingerprint density at radius 3 is 2.34 bits per heavy atom. The van der Waals surface area contributed by atoms with E-state index in [-0.39, 0.29) is 29.6 Å². The first-order valence-corrected chi connectivity index (χ1v) is 18.5. The third-order valence-electron chi connectivity index (χ3n) is 10.2. The van der Waals surface area contributed by atoms with Crippen LogP contribution in [0.3, 0.4) is 0 Å². The molecule has 3 aromatic heterocycles. The molecule has 0 unspecified atom stereocenters. The fraction of sp³-hybridized carbons (Fsp3) is 0.325. The largest absolute Gasteiger partial charge is 0.481 e. The monoisotopic (exact) mass is 753 g/mol. The Labute approximate surface area is 317 Å². The number of halogens is 2. The highest BCUT2D eigenvalue weighted by molar-refractivity contribution is 6.39. The molecule has 13 heteroatoms. The second-order valence-corrected chi connectivity index (χ2v) is 14.4. The maximum absolute atomic E-state index is 13.4. The Morgan fingerprint density at radius 2 is 1.66 bits per heavy atom. The number of benzene rings is 2. The van der Waals surface area contributed by atoms with E-state index in [0.29, 0.717) is 52.3 Å². The summed E-state index contributed by atoms with van der Waals surface area (Å²) in [5, 5.41) is 7.48. The third-order valence-corrected chi connectivity index (χ3v) is 11.0. The molecule has 7 rings (SSSR count). The van der Waals surface area contributed by atoms with E-state index in [1.54, 1.807) is 30.8 Å². The van der Waals surface area contributed by atoms with Crippen molar-refractivity contribution in [3.05, 3.63) is 105 Å². The van der Waals surface area contributed by atoms with Gasteiger partial charge in [0, 0.05) is 85.8 Å². The van der Waals surface area contributed by atoms with Crippen molar-refractivity contribution >= 4 is 40.7 Å². The van der Waals surface area contributed by atoms with Crippen LogP contribution in [-0.2, 0) is 22.7 Å². The van der Waals surface area contributed by atoms with Crippen LogP contribution in [0.5, 0.6) is 5.88 Å². The van der Waals surface area contributed by atoms with Crippen molar-refractivity contribution in [1.29, 1.82) is 0 Å². The van der Waals surface area contributed by atoms with E-state index in [4.69, 9.17) is 32.9 Å². The van der Waals surface area contributed by atoms with Crippen molar-refractivity contribution in [2.75, 3.05) is 27.2 Å². The number of ether oxygens (including phenoxy) is 1. The number of nitrogens with zero attached hydrogens (tertiary/aromatic N) is 5. The van der Waals surface area contributed by atoms with Gasteiger partial charge in [0.05, 0.1) is 34.6 Å². The van der Waals surface area contributed by atoms with Crippen molar-refractivity contribution in [3.63, 3.8) is 0 Å². The Hall–Kier alpha value is -4.81. The summed E-state index contributed by atoms with van der Waals surface area (Å²) in [5.41, 5.74) is 6.31. The Bertz CT molecular complexity index is 2250. The molecule has 0 bridgehead atoms. The van der Waals surface area contributed by atoms with Gasteiger partial charge in [-0.05, 0) is 50.1 Å². The Kier molecular flexibility index (Phi) is 10.8. The molecule has 2 aliphatic rings. The van der Waals surface area contributed by atoms with Gasteiger partial charge < -0.3 is 20.3 Å². The minimum absolute atomic E-state index is 0.0254. The predicted octanol–water partition coefficient (Wildman–Crippen LogP) is 6.17. The summed E-state index contributed by atoms with van der Waals surface area (Å²) in [4.78, 5) is 50.2. The summed E-state index contributed by atoms with van der Waals surface area (Å²) >= 11 is 14.2. The molecule has 2 N–H and O–H groups in total. The van der Waals surface area contributed by atoms with Crippen molar-refractivity contribution < 1.29 is 14.3 Å². The van der Waals surface area contributed by atoms with Gasteiger partial charge in [-0.2, -0.15) is 0 Å². The molecule has 274 valence electrons. The first-order chi connectivity index (χ1) is 25.6. The average molecular weight is 755 g/mol. The molecular weight excluding hydrogens is 713 g/mol. The topological polar surface area (TPSA) is 121 Å². The van der Waals surface area contributed by atoms with E-state index in [1.807, 2.05) is 72.6 Å². The van der Waals surface area contributed by atoms with Gasteiger partial charge in [0.25, 0.3) is 5.56 Å². The van der Waals surface area contributed by atoms with Crippen molar-refractivity contribution in [2.24, 2.45) is 0 Å². The summed E-state index contributed by atoms with van der Waals surface area (Å²) in [6.07, 6.45) is 6.32. The van der Waals surface area contributed by atoms with Gasteiger partial charge in [0.2, 0.25) is 17.7 Å². The van der Waals surface area contributed by atoms with Gasteiger partial charge in [-0.1, -0.05) is 65.7 Å². The van der Waals surface area contributed by atoms with Crippen LogP contribution in [0.1, 0.15) is 43.7 Å². The molecule has 0 spiro atoms. The first-order valence-electron chi connectivity index (χ1n) is 17.7. The van der Waals surface area contributed by atoms with E-state index in [2.05, 4.69) is 20.5 Å². The van der Waals surface area contributed by atoms with Crippen LogP contribution in [0.2, 0.25) is 10.0 Å². The maximum atomic E-state index is 13.4. The Balaban J connectivity index is 1.11. The molecular formula is C40H41Cl2N7O4. The number of piperidine rings is 1. The molecule has 2 aliphatic heterocycles. The number of amides is 2. The van der Waals surface area contributed by atoms with E-state index in [9.17, 15) is 14.4 Å². The molecule has 2 saturated heterocycles. The average Bonchev–Trinajstić information content (AvgIpc) is 3.61. The number of rotatable bonds is 10. The minimum atomic E-state index is -0.133. The highest BCUT2D eigenvalue weighted by atomic mass is 35.5. The summed E-state index contributed by atoms with van der Waals surface area (Å²) in [6, 6.07) is 19.4. The number of fused-ring (bicyclic) bond motifs is 1. The van der Waals surface area contributed by atoms with Crippen LogP contribution in [0.25, 0.3) is 39.2 Å². The van der Waals surface area contributed by atoms with Crippen molar-refractivity contribution in [2.45, 2.75) is 57.9 Å². The zero-order valence-corrected chi connectivity index (χ0v) is 31.4. The molecule has 5 heterocycles. The molecule has 2 aromatic carbocycles. The van der Waals surface area contributed by atoms with Crippen molar-refractivity contribution in [1.82, 2.24) is 34.8 Å². The normalized spacial score (nSPS) is 16.4. The minimum Gasteiger partial charge on any atom is -0.481 e. The molecule has 0 aliphatic carbocycles. The number of hydrogen-bond donors (Lipinski definition) is 2. The second kappa shape index (κ2) is 15.7. The van der Waals surface area contributed by atoms with E-state index in [0.717, 1.165) is 65.7 Å². The van der Waals surface area contributed by atoms with Crippen LogP contribution in [-0.4, -0.2) is 75.4 Å². The second-order valence-electron chi connectivity index (χ2n) is 13.6. The van der Waals surface area contributed by atoms with Gasteiger partial charge in [-0.25, -0.2) is 9.97 Å². The SMILES string of the molecule is COc1nc(-c2cccc(-c3cccc(-c4ccn5c(=O)c(CNC6CCN(C(C)=O)CC6)cnc5c4)c3Cl)c2Cl)ccc1CN(C)[C@H]1CCC(=O)N1. The molecule has 0 saturated carbocycles. The number of likely N-dealkylation sites (tertiary alicyclic amines) is 1. The summed E-state index contributed by atoms with van der Waals surface area (Å²) in [5.74, 6) is 0.645. The molecule has 11 nitrogen and oxygen atoms in total. The van der Waals surface area contributed by atoms with Gasteiger partial charge in [0.1, 0.15) is 5.65 Å². The van der Waals surface area contributed by atoms with Crippen LogP contribution in [0, 0.1) is 0 Å². The smallest absolute Gasteiger partial charge is 0.262 e. The maximum Gasteiger partial charge on any atom is 0.262 e. The third kappa shape index (κ3) is 7.66. The summed E-state index contributed by atoms with van der Waals surface area (Å²) in [7, 11) is 3.56. The fourth-order valence-corrected chi connectivity index (χ4v) is 7.84. The molecule has 5 aromatic rings. The standard InChI is InChI=1S/C40H41Cl2N7O4/c1-24(50)48-17-15-28(16-18-48)43-21-27-22-44-35-20-25(14-19-49(35)40(27)52)29-6-4-7-30(37(29)41)31-8-5-9-32(38(31)42)33-11-10-26(39(45-33)53-3)23-47(2)34-12-13-36(51)46-34/h4-11,14,19-20,22,28,34,43H,12-13,15-18,21,23H2,1-3H3,(H,46,51)/t34-/m0/s1. The number of methoxy groups -OCH3 is 1. The van der Waals surface area contributed by atoms with E-state index in [1.165, 1.54) is 0 Å². The number of carbonyl (C=O) groups excluding carboxylic acids is 2. The molecule has 0 radical (unpaired) electrons. The molecule has 1 atom stereocenters.